The van der Waals surface area contributed by atoms with Crippen molar-refractivity contribution in [2.45, 2.75) is 39.7 Å². The van der Waals surface area contributed by atoms with Crippen molar-refractivity contribution in [2.24, 2.45) is 11.1 Å². The van der Waals surface area contributed by atoms with Crippen molar-refractivity contribution in [1.82, 2.24) is 19.9 Å². The van der Waals surface area contributed by atoms with E-state index in [0.717, 1.165) is 27.8 Å². The Hall–Kier alpha value is -4.21. The first kappa shape index (κ1) is 32.7. The Labute approximate surface area is 263 Å². The van der Waals surface area contributed by atoms with Gasteiger partial charge < -0.3 is 25.7 Å². The Kier molecular flexibility index (Phi) is 10.1. The summed E-state index contributed by atoms with van der Waals surface area (Å²) in [5, 5.41) is 6.15. The Balaban J connectivity index is 0.00000442. The van der Waals surface area contributed by atoms with Gasteiger partial charge in [-0.3, -0.25) is 14.4 Å². The second kappa shape index (κ2) is 13.6. The van der Waals surface area contributed by atoms with E-state index in [1.54, 1.807) is 31.7 Å². The monoisotopic (exact) mass is 619 g/mol. The molecule has 0 saturated carbocycles. The molecule has 44 heavy (non-hydrogen) atoms. The molecule has 0 bridgehead atoms. The Bertz CT molecular complexity index is 1670. The van der Waals surface area contributed by atoms with Gasteiger partial charge in [0, 0.05) is 56.8 Å². The number of piperazine rings is 1. The number of benzene rings is 2. The molecule has 0 aliphatic carbocycles. The third-order valence-corrected chi connectivity index (χ3v) is 8.33. The van der Waals surface area contributed by atoms with Gasteiger partial charge in [0.25, 0.3) is 5.91 Å². The molecule has 10 heteroatoms. The third-order valence-electron chi connectivity index (χ3n) is 8.33. The number of rotatable bonds is 9. The highest BCUT2D eigenvalue weighted by Crippen LogP contribution is 2.36. The van der Waals surface area contributed by atoms with E-state index in [0.29, 0.717) is 37.3 Å². The number of aromatic nitrogens is 1. The van der Waals surface area contributed by atoms with E-state index in [4.69, 9.17) is 5.73 Å². The van der Waals surface area contributed by atoms with Gasteiger partial charge in [-0.1, -0.05) is 48.5 Å². The van der Waals surface area contributed by atoms with Crippen LogP contribution in [-0.2, 0) is 16.0 Å². The number of primary amides is 1. The van der Waals surface area contributed by atoms with Gasteiger partial charge >= 0.3 is 0 Å². The number of pyridine rings is 1. The predicted molar refractivity (Wildman–Crippen MR) is 172 cm³/mol. The molecule has 2 aromatic carbocycles. The number of carbonyl (C=O) groups is 3. The van der Waals surface area contributed by atoms with Crippen LogP contribution in [0, 0.1) is 18.2 Å². The van der Waals surface area contributed by atoms with Gasteiger partial charge in [-0.25, -0.2) is 4.39 Å². The Morgan fingerprint density at radius 3 is 2.50 bits per heavy atom. The van der Waals surface area contributed by atoms with E-state index < -0.39 is 11.3 Å². The number of fused-ring (bicyclic) bond motifs is 1. The van der Waals surface area contributed by atoms with Gasteiger partial charge in [-0.2, -0.15) is 0 Å². The average Bonchev–Trinajstić information content (AvgIpc) is 3.32. The zero-order valence-corrected chi connectivity index (χ0v) is 26.0. The van der Waals surface area contributed by atoms with Crippen molar-refractivity contribution in [3.8, 4) is 11.1 Å². The highest BCUT2D eigenvalue weighted by molar-refractivity contribution is 6.01. The molecule has 1 aliphatic rings. The van der Waals surface area contributed by atoms with Crippen LogP contribution in [0.4, 0.5) is 4.39 Å². The summed E-state index contributed by atoms with van der Waals surface area (Å²) in [4.78, 5) is 40.6. The lowest BCUT2D eigenvalue weighted by Crippen LogP contribution is -2.54. The standard InChI is InChI=1S/C34H38FN5O3.ClH/c1-22-24(12-9-13-27(22)35)18-26-30(23-10-5-4-6-11-23)28-14-7-8-16-40(28)31(26)32(42)39-17-15-37-25(20-39)19-29(41)38-21-34(2,3)33(36)43;/h4-14,16,25,37H,15,17-21H2,1-3H3,(H2,36,43)(H,38,41);1H. The molecule has 4 aromatic rings. The summed E-state index contributed by atoms with van der Waals surface area (Å²) in [7, 11) is 0. The summed E-state index contributed by atoms with van der Waals surface area (Å²) in [6.45, 7) is 6.62. The quantitative estimate of drug-likeness (QED) is 0.256. The predicted octanol–water partition coefficient (Wildman–Crippen LogP) is 4.50. The largest absolute Gasteiger partial charge is 0.369 e. The fraction of sp³-hybridized carbons (Fsp3) is 0.324. The van der Waals surface area contributed by atoms with E-state index in [1.165, 1.54) is 6.07 Å². The fourth-order valence-electron chi connectivity index (χ4n) is 5.62. The summed E-state index contributed by atoms with van der Waals surface area (Å²) < 4.78 is 16.6. The third kappa shape index (κ3) is 6.79. The topological polar surface area (TPSA) is 109 Å². The summed E-state index contributed by atoms with van der Waals surface area (Å²) in [5.74, 6) is -1.13. The van der Waals surface area contributed by atoms with Gasteiger partial charge in [0.2, 0.25) is 11.8 Å². The maximum absolute atomic E-state index is 14.6. The molecule has 0 spiro atoms. The number of amides is 3. The van der Waals surface area contributed by atoms with Gasteiger partial charge in [0.05, 0.1) is 10.9 Å². The van der Waals surface area contributed by atoms with Crippen LogP contribution in [0.1, 0.15) is 47.4 Å². The molecule has 0 radical (unpaired) electrons. The number of nitrogens with zero attached hydrogens (tertiary/aromatic N) is 2. The second-order valence-electron chi connectivity index (χ2n) is 11.9. The van der Waals surface area contributed by atoms with Crippen LogP contribution in [0.5, 0.6) is 0 Å². The molecule has 3 heterocycles. The maximum atomic E-state index is 14.6. The van der Waals surface area contributed by atoms with E-state index in [2.05, 4.69) is 10.6 Å². The minimum atomic E-state index is -0.861. The number of nitrogens with one attached hydrogen (secondary N) is 2. The van der Waals surface area contributed by atoms with E-state index in [9.17, 15) is 18.8 Å². The molecule has 3 amide bonds. The summed E-state index contributed by atoms with van der Waals surface area (Å²) in [6.07, 6.45) is 2.42. The molecule has 232 valence electrons. The van der Waals surface area contributed by atoms with Crippen molar-refractivity contribution in [2.75, 3.05) is 26.2 Å². The van der Waals surface area contributed by atoms with Gasteiger partial charge in [0.15, 0.2) is 0 Å². The van der Waals surface area contributed by atoms with Crippen LogP contribution >= 0.6 is 12.4 Å². The minimum absolute atomic E-state index is 0. The van der Waals surface area contributed by atoms with Crippen molar-refractivity contribution >= 4 is 35.6 Å². The van der Waals surface area contributed by atoms with E-state index in [-0.39, 0.29) is 49.0 Å². The molecule has 1 atom stereocenters. The smallest absolute Gasteiger partial charge is 0.271 e. The van der Waals surface area contributed by atoms with Crippen LogP contribution in [0.2, 0.25) is 0 Å². The normalized spacial score (nSPS) is 15.1. The molecule has 2 aromatic heterocycles. The van der Waals surface area contributed by atoms with Gasteiger partial charge in [-0.15, -0.1) is 12.4 Å². The molecular weight excluding hydrogens is 581 g/mol. The maximum Gasteiger partial charge on any atom is 0.271 e. The second-order valence-corrected chi connectivity index (χ2v) is 11.9. The van der Waals surface area contributed by atoms with E-state index >= 15 is 0 Å². The van der Waals surface area contributed by atoms with Crippen molar-refractivity contribution in [3.63, 3.8) is 0 Å². The molecule has 1 fully saturated rings. The van der Waals surface area contributed by atoms with Crippen LogP contribution in [-0.4, -0.2) is 59.2 Å². The van der Waals surface area contributed by atoms with E-state index in [1.807, 2.05) is 65.2 Å². The molecule has 1 unspecified atom stereocenters. The zero-order valence-electron chi connectivity index (χ0n) is 25.2. The van der Waals surface area contributed by atoms with Crippen LogP contribution < -0.4 is 16.4 Å². The highest BCUT2D eigenvalue weighted by atomic mass is 35.5. The van der Waals surface area contributed by atoms with Crippen molar-refractivity contribution < 1.29 is 18.8 Å². The summed E-state index contributed by atoms with van der Waals surface area (Å²) >= 11 is 0. The molecule has 4 N–H and O–H groups in total. The fourth-order valence-corrected chi connectivity index (χ4v) is 5.62. The highest BCUT2D eigenvalue weighted by Gasteiger charge is 2.32. The van der Waals surface area contributed by atoms with Crippen LogP contribution in [0.25, 0.3) is 16.6 Å². The number of hydrogen-bond donors (Lipinski definition) is 3. The number of halogens is 2. The summed E-state index contributed by atoms with van der Waals surface area (Å²) in [6, 6.07) is 20.6. The first-order valence-electron chi connectivity index (χ1n) is 14.6. The van der Waals surface area contributed by atoms with Crippen LogP contribution in [0.3, 0.4) is 0 Å². The molecular formula is C34H39ClFN5O3. The molecule has 8 nitrogen and oxygen atoms in total. The SMILES string of the molecule is Cc1c(F)cccc1Cc1c(-c2ccccc2)c2ccccn2c1C(=O)N1CCNC(CC(=O)NCC(C)(C)C(N)=O)C1.Cl. The van der Waals surface area contributed by atoms with Crippen molar-refractivity contribution in [1.29, 1.82) is 0 Å². The number of nitrogens with two attached hydrogens (primary N) is 1. The average molecular weight is 620 g/mol. The molecule has 1 saturated heterocycles. The van der Waals surface area contributed by atoms with Gasteiger partial charge in [-0.05, 0) is 61.2 Å². The Morgan fingerprint density at radius 2 is 1.77 bits per heavy atom. The number of carbonyl (C=O) groups excluding carboxylic acids is 3. The molecule has 5 rings (SSSR count). The zero-order chi connectivity index (χ0) is 30.7. The summed E-state index contributed by atoms with van der Waals surface area (Å²) in [5.41, 5.74) is 10.1. The first-order valence-corrected chi connectivity index (χ1v) is 14.6. The molecule has 1 aliphatic heterocycles. The lowest BCUT2D eigenvalue weighted by molar-refractivity contribution is -0.127. The van der Waals surface area contributed by atoms with Crippen LogP contribution in [0.15, 0.2) is 72.9 Å². The number of hydrogen-bond acceptors (Lipinski definition) is 4. The minimum Gasteiger partial charge on any atom is -0.369 e. The lowest BCUT2D eigenvalue weighted by atomic mass is 9.92. The van der Waals surface area contributed by atoms with Gasteiger partial charge in [0.1, 0.15) is 11.5 Å². The first-order chi connectivity index (χ1) is 20.6. The lowest BCUT2D eigenvalue weighted by Gasteiger charge is -2.34. The Morgan fingerprint density at radius 1 is 1.05 bits per heavy atom. The van der Waals surface area contributed by atoms with Crippen molar-refractivity contribution in [3.05, 3.63) is 101 Å².